The fraction of sp³-hybridized carbons (Fsp3) is 0.538. The van der Waals surface area contributed by atoms with Gasteiger partial charge in [0.05, 0.1) is 16.9 Å². The summed E-state index contributed by atoms with van der Waals surface area (Å²) in [6.07, 6.45) is -4.41. The van der Waals surface area contributed by atoms with Crippen molar-refractivity contribution in [3.05, 3.63) is 28.2 Å². The van der Waals surface area contributed by atoms with Crippen molar-refractivity contribution in [2.75, 3.05) is 18.0 Å². The standard InChI is InChI=1S/C13H17BrF3NO/c1-4-18(8-12(2,3)19)11-7-9(14)5-6-10(11)13(15,16)17/h5-7,19H,4,8H2,1-3H3. The van der Waals surface area contributed by atoms with E-state index in [1.807, 2.05) is 0 Å². The number of nitrogens with zero attached hydrogens (tertiary/aromatic N) is 1. The lowest BCUT2D eigenvalue weighted by atomic mass is 10.1. The molecule has 0 atom stereocenters. The normalized spacial score (nSPS) is 12.6. The van der Waals surface area contributed by atoms with E-state index in [-0.39, 0.29) is 12.2 Å². The van der Waals surface area contributed by atoms with Crippen LogP contribution in [0.1, 0.15) is 26.3 Å². The number of likely N-dealkylation sites (N-methyl/N-ethyl adjacent to an activating group) is 1. The first-order chi connectivity index (χ1) is 8.54. The van der Waals surface area contributed by atoms with E-state index < -0.39 is 17.3 Å². The van der Waals surface area contributed by atoms with Gasteiger partial charge >= 0.3 is 6.18 Å². The first-order valence-electron chi connectivity index (χ1n) is 5.88. The van der Waals surface area contributed by atoms with Gasteiger partial charge in [0.25, 0.3) is 0 Å². The Kier molecular flexibility index (Phi) is 4.90. The number of hydrogen-bond acceptors (Lipinski definition) is 2. The molecule has 0 unspecified atom stereocenters. The van der Waals surface area contributed by atoms with Gasteiger partial charge in [-0.2, -0.15) is 13.2 Å². The largest absolute Gasteiger partial charge is 0.418 e. The summed E-state index contributed by atoms with van der Waals surface area (Å²) in [7, 11) is 0. The molecule has 0 aliphatic heterocycles. The van der Waals surface area contributed by atoms with E-state index in [1.54, 1.807) is 20.8 Å². The first kappa shape index (κ1) is 16.3. The number of rotatable bonds is 4. The van der Waals surface area contributed by atoms with Crippen molar-refractivity contribution in [3.8, 4) is 0 Å². The van der Waals surface area contributed by atoms with Crippen molar-refractivity contribution in [3.63, 3.8) is 0 Å². The molecule has 0 saturated heterocycles. The number of alkyl halides is 3. The second-order valence-corrected chi connectivity index (χ2v) is 5.90. The molecule has 19 heavy (non-hydrogen) atoms. The lowest BCUT2D eigenvalue weighted by Gasteiger charge is -2.32. The van der Waals surface area contributed by atoms with Crippen LogP contribution in [-0.2, 0) is 6.18 Å². The van der Waals surface area contributed by atoms with Crippen LogP contribution >= 0.6 is 15.9 Å². The monoisotopic (exact) mass is 339 g/mol. The Hall–Kier alpha value is -0.750. The average molecular weight is 340 g/mol. The van der Waals surface area contributed by atoms with E-state index in [0.717, 1.165) is 6.07 Å². The molecule has 1 rings (SSSR count). The zero-order valence-electron chi connectivity index (χ0n) is 11.1. The highest BCUT2D eigenvalue weighted by atomic mass is 79.9. The molecule has 0 radical (unpaired) electrons. The molecule has 0 spiro atoms. The molecule has 2 nitrogen and oxygen atoms in total. The molecule has 0 heterocycles. The van der Waals surface area contributed by atoms with E-state index in [0.29, 0.717) is 11.0 Å². The minimum Gasteiger partial charge on any atom is -0.389 e. The zero-order chi connectivity index (χ0) is 14.8. The predicted octanol–water partition coefficient (Wildman–Crippen LogP) is 4.07. The Labute approximate surface area is 119 Å². The number of aliphatic hydroxyl groups is 1. The van der Waals surface area contributed by atoms with Crippen LogP contribution in [0.5, 0.6) is 0 Å². The Balaban J connectivity index is 3.26. The summed E-state index contributed by atoms with van der Waals surface area (Å²) in [6, 6.07) is 3.84. The fourth-order valence-corrected chi connectivity index (χ4v) is 2.19. The summed E-state index contributed by atoms with van der Waals surface area (Å²) in [5.41, 5.74) is -1.69. The molecule has 0 saturated carbocycles. The quantitative estimate of drug-likeness (QED) is 0.893. The summed E-state index contributed by atoms with van der Waals surface area (Å²) >= 11 is 3.18. The van der Waals surface area contributed by atoms with Gasteiger partial charge in [-0.15, -0.1) is 0 Å². The van der Waals surface area contributed by atoms with Gasteiger partial charge in [0.1, 0.15) is 0 Å². The van der Waals surface area contributed by atoms with Gasteiger partial charge in [0.15, 0.2) is 0 Å². The van der Waals surface area contributed by atoms with E-state index in [1.165, 1.54) is 17.0 Å². The molecule has 1 N–H and O–H groups in total. The number of benzene rings is 1. The molecular weight excluding hydrogens is 323 g/mol. The molecule has 1 aromatic carbocycles. The highest BCUT2D eigenvalue weighted by Gasteiger charge is 2.35. The Morgan fingerprint density at radius 3 is 2.26 bits per heavy atom. The third-order valence-corrected chi connectivity index (χ3v) is 3.06. The summed E-state index contributed by atoms with van der Waals surface area (Å²) in [5.74, 6) is 0. The summed E-state index contributed by atoms with van der Waals surface area (Å²) < 4.78 is 39.6. The van der Waals surface area contributed by atoms with Crippen molar-refractivity contribution < 1.29 is 18.3 Å². The van der Waals surface area contributed by atoms with Gasteiger partial charge in [0.2, 0.25) is 0 Å². The van der Waals surface area contributed by atoms with Gasteiger partial charge in [-0.25, -0.2) is 0 Å². The lowest BCUT2D eigenvalue weighted by Crippen LogP contribution is -2.39. The lowest BCUT2D eigenvalue weighted by molar-refractivity contribution is -0.137. The smallest absolute Gasteiger partial charge is 0.389 e. The molecule has 0 bridgehead atoms. The molecule has 0 amide bonds. The molecule has 1 aromatic rings. The van der Waals surface area contributed by atoms with Gasteiger partial charge in [-0.05, 0) is 39.0 Å². The van der Waals surface area contributed by atoms with Crippen LogP contribution in [0.4, 0.5) is 18.9 Å². The van der Waals surface area contributed by atoms with Gasteiger partial charge in [-0.3, -0.25) is 0 Å². The fourth-order valence-electron chi connectivity index (χ4n) is 1.84. The van der Waals surface area contributed by atoms with Crippen molar-refractivity contribution in [1.29, 1.82) is 0 Å². The van der Waals surface area contributed by atoms with Gasteiger partial charge in [-0.1, -0.05) is 15.9 Å². The molecule has 0 fully saturated rings. The van der Waals surface area contributed by atoms with Crippen LogP contribution in [0.3, 0.4) is 0 Å². The van der Waals surface area contributed by atoms with Crippen LogP contribution < -0.4 is 4.90 Å². The zero-order valence-corrected chi connectivity index (χ0v) is 12.6. The van der Waals surface area contributed by atoms with Crippen LogP contribution in [0.15, 0.2) is 22.7 Å². The van der Waals surface area contributed by atoms with Crippen molar-refractivity contribution in [1.82, 2.24) is 0 Å². The minimum absolute atomic E-state index is 0.0755. The van der Waals surface area contributed by atoms with Crippen molar-refractivity contribution in [2.45, 2.75) is 32.5 Å². The number of anilines is 1. The second-order valence-electron chi connectivity index (χ2n) is 4.99. The highest BCUT2D eigenvalue weighted by Crippen LogP contribution is 2.38. The van der Waals surface area contributed by atoms with Crippen LogP contribution in [0.25, 0.3) is 0 Å². The SMILES string of the molecule is CCN(CC(C)(C)O)c1cc(Br)ccc1C(F)(F)F. The van der Waals surface area contributed by atoms with Crippen LogP contribution in [0.2, 0.25) is 0 Å². The van der Waals surface area contributed by atoms with Gasteiger partial charge in [0, 0.05) is 17.6 Å². The Morgan fingerprint density at radius 1 is 1.26 bits per heavy atom. The molecular formula is C13H17BrF3NO. The third-order valence-electron chi connectivity index (χ3n) is 2.57. The molecule has 6 heteroatoms. The van der Waals surface area contributed by atoms with Crippen LogP contribution in [-0.4, -0.2) is 23.8 Å². The van der Waals surface area contributed by atoms with Gasteiger partial charge < -0.3 is 10.0 Å². The maximum Gasteiger partial charge on any atom is 0.418 e. The van der Waals surface area contributed by atoms with Crippen LogP contribution in [0, 0.1) is 0 Å². The molecule has 0 aliphatic carbocycles. The maximum absolute atomic E-state index is 13.0. The topological polar surface area (TPSA) is 23.5 Å². The Bertz CT molecular complexity index is 440. The Morgan fingerprint density at radius 2 is 1.84 bits per heavy atom. The second kappa shape index (κ2) is 5.71. The van der Waals surface area contributed by atoms with E-state index >= 15 is 0 Å². The highest BCUT2D eigenvalue weighted by molar-refractivity contribution is 9.10. The average Bonchev–Trinajstić information content (AvgIpc) is 2.22. The maximum atomic E-state index is 13.0. The third kappa shape index (κ3) is 4.69. The predicted molar refractivity (Wildman–Crippen MR) is 73.3 cm³/mol. The van der Waals surface area contributed by atoms with E-state index in [2.05, 4.69) is 15.9 Å². The first-order valence-corrected chi connectivity index (χ1v) is 6.68. The molecule has 0 aromatic heterocycles. The number of hydrogen-bond donors (Lipinski definition) is 1. The van der Waals surface area contributed by atoms with Crippen molar-refractivity contribution >= 4 is 21.6 Å². The molecule has 108 valence electrons. The minimum atomic E-state index is -4.41. The summed E-state index contributed by atoms with van der Waals surface area (Å²) in [4.78, 5) is 1.52. The number of halogens is 4. The van der Waals surface area contributed by atoms with E-state index in [4.69, 9.17) is 0 Å². The summed E-state index contributed by atoms with van der Waals surface area (Å²) in [6.45, 7) is 5.40. The van der Waals surface area contributed by atoms with Crippen molar-refractivity contribution in [2.24, 2.45) is 0 Å². The van der Waals surface area contributed by atoms with E-state index in [9.17, 15) is 18.3 Å². The molecule has 0 aliphatic rings. The summed E-state index contributed by atoms with van der Waals surface area (Å²) in [5, 5.41) is 9.81.